The van der Waals surface area contributed by atoms with E-state index in [4.69, 9.17) is 5.26 Å². The van der Waals surface area contributed by atoms with E-state index in [2.05, 4.69) is 35.3 Å². The van der Waals surface area contributed by atoms with Crippen molar-refractivity contribution in [2.24, 2.45) is 4.99 Å². The van der Waals surface area contributed by atoms with Crippen LogP contribution in [0.5, 0.6) is 5.88 Å². The monoisotopic (exact) mass is 443 g/mol. The molecule has 4 rings (SSSR count). The number of hydrogen-bond acceptors (Lipinski definition) is 8. The average molecular weight is 443 g/mol. The van der Waals surface area contributed by atoms with Gasteiger partial charge < -0.3 is 15.4 Å². The first-order valence-corrected chi connectivity index (χ1v) is 8.85. The van der Waals surface area contributed by atoms with E-state index in [9.17, 15) is 23.1 Å². The molecule has 0 aliphatic carbocycles. The Bertz CT molecular complexity index is 1530. The Morgan fingerprint density at radius 1 is 1.31 bits per heavy atom. The Morgan fingerprint density at radius 3 is 2.81 bits per heavy atom. The molecule has 0 amide bonds. The fraction of sp³-hybridized carbons (Fsp3) is 0.111. The fourth-order valence-electron chi connectivity index (χ4n) is 2.74. The van der Waals surface area contributed by atoms with Crippen LogP contribution in [0.2, 0.25) is 0 Å². The Balaban J connectivity index is 1.89. The summed E-state index contributed by atoms with van der Waals surface area (Å²) in [5.41, 5.74) is -0.177. The second kappa shape index (κ2) is 7.87. The van der Waals surface area contributed by atoms with Crippen LogP contribution < -0.4 is 21.8 Å². The number of hydrogen-bond donors (Lipinski definition) is 4. The summed E-state index contributed by atoms with van der Waals surface area (Å²) in [4.78, 5) is 27.6. The lowest BCUT2D eigenvalue weighted by molar-refractivity contribution is -0.118. The van der Waals surface area contributed by atoms with Gasteiger partial charge in [-0.05, 0) is 24.3 Å². The summed E-state index contributed by atoms with van der Waals surface area (Å²) in [7, 11) is 0. The van der Waals surface area contributed by atoms with Crippen molar-refractivity contribution in [3.8, 4) is 11.9 Å². The van der Waals surface area contributed by atoms with Gasteiger partial charge in [0.1, 0.15) is 12.2 Å². The Labute approximate surface area is 175 Å². The smallest absolute Gasteiger partial charge is 0.408 e. The van der Waals surface area contributed by atoms with Crippen molar-refractivity contribution in [1.29, 1.82) is 5.26 Å². The molecule has 0 aliphatic heterocycles. The van der Waals surface area contributed by atoms with Gasteiger partial charge in [-0.2, -0.15) is 38.0 Å². The molecule has 0 aliphatic rings. The summed E-state index contributed by atoms with van der Waals surface area (Å²) in [5.74, 6) is -0.535. The SMILES string of the molecule is N#Cc1cccc(Nc2nc(=NCC(F)(F)F)n3ncc(=Cc4[nH]c(=O)[nH]c4O)c3n2)c1. The number of alkyl halides is 3. The van der Waals surface area contributed by atoms with Crippen LogP contribution in [-0.4, -0.2) is 47.4 Å². The number of aromatic nitrogens is 6. The molecule has 3 aromatic heterocycles. The lowest BCUT2D eigenvalue weighted by Gasteiger charge is -2.06. The third-order valence-electron chi connectivity index (χ3n) is 4.06. The second-order valence-corrected chi connectivity index (χ2v) is 6.42. The van der Waals surface area contributed by atoms with Gasteiger partial charge in [-0.1, -0.05) is 6.07 Å². The molecular weight excluding hydrogens is 431 g/mol. The van der Waals surface area contributed by atoms with Crippen LogP contribution in [-0.2, 0) is 0 Å². The van der Waals surface area contributed by atoms with Crippen molar-refractivity contribution in [2.45, 2.75) is 6.18 Å². The zero-order chi connectivity index (χ0) is 22.9. The second-order valence-electron chi connectivity index (χ2n) is 6.42. The van der Waals surface area contributed by atoms with E-state index in [1.807, 2.05) is 6.07 Å². The van der Waals surface area contributed by atoms with E-state index in [1.54, 1.807) is 18.2 Å². The van der Waals surface area contributed by atoms with E-state index in [-0.39, 0.29) is 28.1 Å². The molecule has 4 aromatic rings. The Morgan fingerprint density at radius 2 is 2.12 bits per heavy atom. The highest BCUT2D eigenvalue weighted by molar-refractivity contribution is 5.60. The van der Waals surface area contributed by atoms with E-state index in [1.165, 1.54) is 18.3 Å². The van der Waals surface area contributed by atoms with Gasteiger partial charge in [0.2, 0.25) is 11.8 Å². The van der Waals surface area contributed by atoms with Gasteiger partial charge in [-0.25, -0.2) is 9.79 Å². The molecule has 0 bridgehead atoms. The van der Waals surface area contributed by atoms with Crippen molar-refractivity contribution in [2.75, 3.05) is 11.9 Å². The van der Waals surface area contributed by atoms with Crippen LogP contribution in [0.15, 0.2) is 40.2 Å². The number of fused-ring (bicyclic) bond motifs is 1. The minimum absolute atomic E-state index is 0.0218. The maximum Gasteiger partial charge on any atom is 0.408 e. The average Bonchev–Trinajstić information content (AvgIpc) is 3.28. The predicted octanol–water partition coefficient (Wildman–Crippen LogP) is 0.472. The number of nitrogens with one attached hydrogen (secondary N) is 3. The molecule has 0 atom stereocenters. The molecule has 0 radical (unpaired) electrons. The fourth-order valence-corrected chi connectivity index (χ4v) is 2.74. The summed E-state index contributed by atoms with van der Waals surface area (Å²) < 4.78 is 39.2. The topological polar surface area (TPSA) is 160 Å². The summed E-state index contributed by atoms with van der Waals surface area (Å²) >= 11 is 0. The minimum Gasteiger partial charge on any atom is -0.493 e. The number of aromatic hydroxyl groups is 1. The largest absolute Gasteiger partial charge is 0.493 e. The predicted molar refractivity (Wildman–Crippen MR) is 104 cm³/mol. The zero-order valence-electron chi connectivity index (χ0n) is 15.8. The van der Waals surface area contributed by atoms with Gasteiger partial charge in [0.15, 0.2) is 5.65 Å². The molecule has 4 N–H and O–H groups in total. The first kappa shape index (κ1) is 20.6. The van der Waals surface area contributed by atoms with Gasteiger partial charge in [0.05, 0.1) is 17.8 Å². The molecule has 14 heteroatoms. The van der Waals surface area contributed by atoms with Crippen molar-refractivity contribution in [3.05, 3.63) is 63.0 Å². The van der Waals surface area contributed by atoms with Gasteiger partial charge >= 0.3 is 11.9 Å². The molecule has 0 saturated carbocycles. The molecular formula is C18H12F3N9O2. The number of halogens is 3. The van der Waals surface area contributed by atoms with E-state index < -0.39 is 24.3 Å². The summed E-state index contributed by atoms with van der Waals surface area (Å²) in [6.07, 6.45) is -1.97. The van der Waals surface area contributed by atoms with Crippen LogP contribution in [0.4, 0.5) is 24.8 Å². The summed E-state index contributed by atoms with van der Waals surface area (Å²) in [6.45, 7) is -1.49. The van der Waals surface area contributed by atoms with Gasteiger partial charge in [-0.15, -0.1) is 0 Å². The normalized spacial score (nSPS) is 12.9. The highest BCUT2D eigenvalue weighted by Crippen LogP contribution is 2.15. The quantitative estimate of drug-likeness (QED) is 0.357. The molecule has 11 nitrogen and oxygen atoms in total. The van der Waals surface area contributed by atoms with Crippen molar-refractivity contribution in [1.82, 2.24) is 29.5 Å². The Kier molecular flexibility index (Phi) is 5.07. The van der Waals surface area contributed by atoms with Crippen LogP contribution in [0, 0.1) is 11.3 Å². The molecule has 0 fully saturated rings. The first-order valence-electron chi connectivity index (χ1n) is 8.85. The van der Waals surface area contributed by atoms with Crippen molar-refractivity contribution >= 4 is 23.4 Å². The van der Waals surface area contributed by atoms with Crippen LogP contribution in [0.25, 0.3) is 11.7 Å². The summed E-state index contributed by atoms with van der Waals surface area (Å²) in [5, 5.41) is 25.9. The summed E-state index contributed by atoms with van der Waals surface area (Å²) in [6, 6.07) is 8.28. The molecule has 1 aromatic carbocycles. The first-order chi connectivity index (χ1) is 15.2. The molecule has 32 heavy (non-hydrogen) atoms. The third kappa shape index (κ3) is 4.41. The number of aromatic amines is 2. The molecule has 0 spiro atoms. The Hall–Kier alpha value is -4.67. The maximum absolute atomic E-state index is 12.7. The number of rotatable bonds is 4. The van der Waals surface area contributed by atoms with Gasteiger partial charge in [0, 0.05) is 10.9 Å². The number of H-pyrrole nitrogens is 2. The van der Waals surface area contributed by atoms with Gasteiger partial charge in [-0.3, -0.25) is 4.98 Å². The highest BCUT2D eigenvalue weighted by atomic mass is 19.4. The lowest BCUT2D eigenvalue weighted by Crippen LogP contribution is -2.26. The van der Waals surface area contributed by atoms with Crippen LogP contribution in [0.3, 0.4) is 0 Å². The van der Waals surface area contributed by atoms with Crippen LogP contribution in [0.1, 0.15) is 11.3 Å². The highest BCUT2D eigenvalue weighted by Gasteiger charge is 2.26. The number of anilines is 2. The van der Waals surface area contributed by atoms with E-state index in [0.29, 0.717) is 11.3 Å². The molecule has 0 unspecified atom stereocenters. The van der Waals surface area contributed by atoms with Gasteiger partial charge in [0.25, 0.3) is 5.62 Å². The van der Waals surface area contributed by atoms with E-state index in [0.717, 1.165) is 4.52 Å². The molecule has 0 saturated heterocycles. The lowest BCUT2D eigenvalue weighted by atomic mass is 10.2. The number of benzene rings is 1. The standard InChI is InChI=1S/C18H12F3N9O2/c19-18(20,21)8-23-16-29-15(25-11-3-1-2-9(4-11)6-22)27-13-10(7-24-30(13)16)5-12-14(31)28-17(32)26-12/h1-5,7,31H,8H2,(H,23,25,29)(H2,26,28,32). The number of nitrogens with zero attached hydrogens (tertiary/aromatic N) is 6. The zero-order valence-corrected chi connectivity index (χ0v) is 15.8. The maximum atomic E-state index is 12.7. The minimum atomic E-state index is -4.56. The molecule has 162 valence electrons. The number of imidazole rings is 1. The number of nitriles is 1. The van der Waals surface area contributed by atoms with Crippen LogP contribution >= 0.6 is 0 Å². The van der Waals surface area contributed by atoms with E-state index >= 15 is 0 Å². The van der Waals surface area contributed by atoms with Crippen molar-refractivity contribution in [3.63, 3.8) is 0 Å². The van der Waals surface area contributed by atoms with Crippen molar-refractivity contribution < 1.29 is 18.3 Å². The molecule has 3 heterocycles. The third-order valence-corrected chi connectivity index (χ3v) is 4.06.